The SMILES string of the molecule is CCCN=C(NN)N1CCCN(C)CC1CC. The summed E-state index contributed by atoms with van der Waals surface area (Å²) in [7, 11) is 2.19. The number of nitrogens with two attached hydrogens (primary N) is 1. The Morgan fingerprint density at radius 1 is 1.41 bits per heavy atom. The van der Waals surface area contributed by atoms with Gasteiger partial charge in [0.1, 0.15) is 0 Å². The average Bonchev–Trinajstić information content (AvgIpc) is 2.52. The van der Waals surface area contributed by atoms with Crippen LogP contribution in [-0.2, 0) is 0 Å². The van der Waals surface area contributed by atoms with Crippen LogP contribution < -0.4 is 11.3 Å². The van der Waals surface area contributed by atoms with E-state index in [2.05, 4.69) is 41.1 Å². The van der Waals surface area contributed by atoms with E-state index in [1.165, 1.54) is 6.42 Å². The van der Waals surface area contributed by atoms with Crippen molar-refractivity contribution in [2.24, 2.45) is 10.8 Å². The summed E-state index contributed by atoms with van der Waals surface area (Å²) in [6, 6.07) is 0.508. The van der Waals surface area contributed by atoms with Crippen LogP contribution in [0.4, 0.5) is 0 Å². The molecule has 0 amide bonds. The van der Waals surface area contributed by atoms with Crippen molar-refractivity contribution in [3.8, 4) is 0 Å². The molecule has 1 rings (SSSR count). The van der Waals surface area contributed by atoms with E-state index in [9.17, 15) is 0 Å². The van der Waals surface area contributed by atoms with Crippen molar-refractivity contribution >= 4 is 5.96 Å². The van der Waals surface area contributed by atoms with Crippen molar-refractivity contribution in [3.63, 3.8) is 0 Å². The van der Waals surface area contributed by atoms with Gasteiger partial charge in [-0.15, -0.1) is 0 Å². The highest BCUT2D eigenvalue weighted by atomic mass is 15.4. The number of hydrogen-bond donors (Lipinski definition) is 2. The summed E-state index contributed by atoms with van der Waals surface area (Å²) in [5, 5.41) is 0. The van der Waals surface area contributed by atoms with Crippen LogP contribution in [0.1, 0.15) is 33.1 Å². The van der Waals surface area contributed by atoms with Gasteiger partial charge in [0.15, 0.2) is 0 Å². The summed E-state index contributed by atoms with van der Waals surface area (Å²) in [5.41, 5.74) is 2.77. The molecule has 1 heterocycles. The zero-order valence-electron chi connectivity index (χ0n) is 11.4. The standard InChI is InChI=1S/C12H27N5/c1-4-7-14-12(15-13)17-9-6-8-16(3)10-11(17)5-2/h11H,4-10,13H2,1-3H3,(H,14,15). The fourth-order valence-electron chi connectivity index (χ4n) is 2.31. The summed E-state index contributed by atoms with van der Waals surface area (Å²) < 4.78 is 0. The van der Waals surface area contributed by atoms with Crippen LogP contribution in [0.3, 0.4) is 0 Å². The second-order valence-electron chi connectivity index (χ2n) is 4.72. The largest absolute Gasteiger partial charge is 0.338 e. The third-order valence-corrected chi connectivity index (χ3v) is 3.26. The number of hydrogen-bond acceptors (Lipinski definition) is 3. The highest BCUT2D eigenvalue weighted by molar-refractivity contribution is 5.79. The molecule has 3 N–H and O–H groups in total. The molecule has 0 aromatic heterocycles. The van der Waals surface area contributed by atoms with Gasteiger partial charge in [0.05, 0.1) is 0 Å². The lowest BCUT2D eigenvalue weighted by Crippen LogP contribution is -2.51. The summed E-state index contributed by atoms with van der Waals surface area (Å²) >= 11 is 0. The summed E-state index contributed by atoms with van der Waals surface area (Å²) in [5.74, 6) is 6.47. The molecule has 1 saturated heterocycles. The van der Waals surface area contributed by atoms with Gasteiger partial charge in [0.25, 0.3) is 0 Å². The summed E-state index contributed by atoms with van der Waals surface area (Å²) in [4.78, 5) is 9.26. The number of rotatable bonds is 3. The van der Waals surface area contributed by atoms with E-state index in [0.29, 0.717) is 6.04 Å². The fourth-order valence-corrected chi connectivity index (χ4v) is 2.31. The molecule has 0 saturated carbocycles. The Labute approximate surface area is 105 Å². The molecule has 0 aliphatic carbocycles. The minimum absolute atomic E-state index is 0.508. The number of nitrogens with one attached hydrogen (secondary N) is 1. The zero-order valence-corrected chi connectivity index (χ0v) is 11.4. The minimum Gasteiger partial charge on any atom is -0.338 e. The highest BCUT2D eigenvalue weighted by Gasteiger charge is 2.24. The molecule has 1 aliphatic heterocycles. The van der Waals surface area contributed by atoms with Crippen LogP contribution in [0.2, 0.25) is 0 Å². The third-order valence-electron chi connectivity index (χ3n) is 3.26. The lowest BCUT2D eigenvalue weighted by molar-refractivity contribution is 0.258. The molecule has 0 spiro atoms. The van der Waals surface area contributed by atoms with Crippen LogP contribution in [-0.4, -0.2) is 55.0 Å². The molecule has 0 aromatic carbocycles. The Morgan fingerprint density at radius 2 is 2.18 bits per heavy atom. The number of nitrogens with zero attached hydrogens (tertiary/aromatic N) is 3. The Bertz CT molecular complexity index is 241. The van der Waals surface area contributed by atoms with Crippen molar-refractivity contribution in [2.45, 2.75) is 39.2 Å². The molecule has 5 heteroatoms. The summed E-state index contributed by atoms with van der Waals surface area (Å²) in [6.45, 7) is 8.47. The van der Waals surface area contributed by atoms with Crippen LogP contribution in [0.5, 0.6) is 0 Å². The van der Waals surface area contributed by atoms with Crippen LogP contribution in [0.25, 0.3) is 0 Å². The van der Waals surface area contributed by atoms with Gasteiger partial charge in [-0.05, 0) is 32.9 Å². The Kier molecular flexibility index (Phi) is 6.29. The number of hydrazine groups is 1. The van der Waals surface area contributed by atoms with E-state index < -0.39 is 0 Å². The van der Waals surface area contributed by atoms with Gasteiger partial charge >= 0.3 is 0 Å². The van der Waals surface area contributed by atoms with E-state index >= 15 is 0 Å². The van der Waals surface area contributed by atoms with Crippen molar-refractivity contribution in [1.82, 2.24) is 15.2 Å². The minimum atomic E-state index is 0.508. The van der Waals surface area contributed by atoms with E-state index in [1.54, 1.807) is 0 Å². The van der Waals surface area contributed by atoms with E-state index in [1.807, 2.05) is 0 Å². The molecule has 17 heavy (non-hydrogen) atoms. The molecule has 0 radical (unpaired) electrons. The van der Waals surface area contributed by atoms with Gasteiger partial charge in [-0.1, -0.05) is 13.8 Å². The second kappa shape index (κ2) is 7.50. The van der Waals surface area contributed by atoms with Gasteiger partial charge in [0, 0.05) is 25.7 Å². The Hall–Kier alpha value is -0.810. The third kappa shape index (κ3) is 4.16. The first-order chi connectivity index (χ1) is 8.22. The maximum absolute atomic E-state index is 5.61. The van der Waals surface area contributed by atoms with E-state index in [0.717, 1.165) is 45.0 Å². The van der Waals surface area contributed by atoms with Gasteiger partial charge in [-0.2, -0.15) is 0 Å². The maximum Gasteiger partial charge on any atom is 0.208 e. The highest BCUT2D eigenvalue weighted by Crippen LogP contribution is 2.12. The van der Waals surface area contributed by atoms with E-state index in [4.69, 9.17) is 5.84 Å². The van der Waals surface area contributed by atoms with Gasteiger partial charge < -0.3 is 9.80 Å². The smallest absolute Gasteiger partial charge is 0.208 e. The predicted molar refractivity (Wildman–Crippen MR) is 72.8 cm³/mol. The molecule has 1 atom stereocenters. The van der Waals surface area contributed by atoms with E-state index in [-0.39, 0.29) is 0 Å². The Balaban J connectivity index is 2.75. The van der Waals surface area contributed by atoms with Crippen molar-refractivity contribution < 1.29 is 0 Å². The molecule has 0 aromatic rings. The predicted octanol–water partition coefficient (Wildman–Crippen LogP) is 0.632. The number of likely N-dealkylation sites (N-methyl/N-ethyl adjacent to an activating group) is 1. The normalized spacial score (nSPS) is 23.6. The molecule has 0 bridgehead atoms. The molecular formula is C12H27N5. The molecule has 1 unspecified atom stereocenters. The molecular weight excluding hydrogens is 214 g/mol. The number of guanidine groups is 1. The molecule has 1 fully saturated rings. The van der Waals surface area contributed by atoms with Crippen molar-refractivity contribution in [2.75, 3.05) is 33.2 Å². The molecule has 5 nitrogen and oxygen atoms in total. The lowest BCUT2D eigenvalue weighted by Gasteiger charge is -2.32. The first-order valence-corrected chi connectivity index (χ1v) is 6.69. The van der Waals surface area contributed by atoms with Crippen LogP contribution in [0.15, 0.2) is 4.99 Å². The molecule has 100 valence electrons. The average molecular weight is 241 g/mol. The zero-order chi connectivity index (χ0) is 12.7. The Morgan fingerprint density at radius 3 is 2.76 bits per heavy atom. The second-order valence-corrected chi connectivity index (χ2v) is 4.72. The van der Waals surface area contributed by atoms with Gasteiger partial charge in [0.2, 0.25) is 5.96 Å². The maximum atomic E-state index is 5.61. The van der Waals surface area contributed by atoms with Crippen LogP contribution >= 0.6 is 0 Å². The topological polar surface area (TPSA) is 56.9 Å². The lowest BCUT2D eigenvalue weighted by atomic mass is 10.2. The quantitative estimate of drug-likeness (QED) is 0.329. The van der Waals surface area contributed by atoms with Crippen molar-refractivity contribution in [3.05, 3.63) is 0 Å². The van der Waals surface area contributed by atoms with Crippen LogP contribution in [0, 0.1) is 0 Å². The number of aliphatic imine (C=N–C) groups is 1. The summed E-state index contributed by atoms with van der Waals surface area (Å²) in [6.07, 6.45) is 3.34. The van der Waals surface area contributed by atoms with Crippen molar-refractivity contribution in [1.29, 1.82) is 0 Å². The van der Waals surface area contributed by atoms with Gasteiger partial charge in [-0.25, -0.2) is 5.84 Å². The monoisotopic (exact) mass is 241 g/mol. The fraction of sp³-hybridized carbons (Fsp3) is 0.917. The molecule has 1 aliphatic rings. The van der Waals surface area contributed by atoms with Gasteiger partial charge in [-0.3, -0.25) is 10.4 Å². The first-order valence-electron chi connectivity index (χ1n) is 6.69. The first kappa shape index (κ1) is 14.3.